The number of hydrogen-bond donors (Lipinski definition) is 1. The average molecular weight is 381 g/mol. The number of hydrogen-bond acceptors (Lipinski definition) is 4. The van der Waals surface area contributed by atoms with Crippen molar-refractivity contribution in [3.05, 3.63) is 70.3 Å². The van der Waals surface area contributed by atoms with E-state index in [-0.39, 0.29) is 24.2 Å². The van der Waals surface area contributed by atoms with Gasteiger partial charge in [-0.2, -0.15) is 0 Å². The number of benzene rings is 2. The molecule has 0 saturated heterocycles. The maximum Gasteiger partial charge on any atom is 0.329 e. The Morgan fingerprint density at radius 1 is 0.929 bits per heavy atom. The van der Waals surface area contributed by atoms with Crippen LogP contribution in [0.5, 0.6) is 0 Å². The summed E-state index contributed by atoms with van der Waals surface area (Å²) in [5.41, 5.74) is 4.02. The molecule has 1 atom stereocenters. The van der Waals surface area contributed by atoms with Gasteiger partial charge >= 0.3 is 5.97 Å². The first-order valence-corrected chi connectivity index (χ1v) is 9.33. The lowest BCUT2D eigenvalue weighted by atomic mass is 10.0. The van der Waals surface area contributed by atoms with Gasteiger partial charge in [0, 0.05) is 11.1 Å². The molecule has 0 saturated carbocycles. The first kappa shape index (κ1) is 21.4. The van der Waals surface area contributed by atoms with Crippen LogP contribution in [0.3, 0.4) is 0 Å². The van der Waals surface area contributed by atoms with Crippen LogP contribution in [0.1, 0.15) is 51.3 Å². The number of ketones is 1. The molecule has 28 heavy (non-hydrogen) atoms. The molecule has 0 aliphatic carbocycles. The zero-order valence-electron chi connectivity index (χ0n) is 17.0. The van der Waals surface area contributed by atoms with Crippen molar-refractivity contribution >= 4 is 17.7 Å². The maximum atomic E-state index is 12.5. The van der Waals surface area contributed by atoms with Crippen LogP contribution in [0.2, 0.25) is 0 Å². The molecule has 2 aromatic rings. The van der Waals surface area contributed by atoms with Gasteiger partial charge < -0.3 is 10.1 Å². The summed E-state index contributed by atoms with van der Waals surface area (Å²) in [7, 11) is 0. The van der Waals surface area contributed by atoms with E-state index in [0.29, 0.717) is 11.1 Å². The number of carbonyl (C=O) groups excluding carboxylic acids is 3. The smallest absolute Gasteiger partial charge is 0.329 e. The average Bonchev–Trinajstić information content (AvgIpc) is 2.65. The quantitative estimate of drug-likeness (QED) is 0.585. The molecule has 0 heterocycles. The van der Waals surface area contributed by atoms with Crippen molar-refractivity contribution in [2.24, 2.45) is 5.92 Å². The van der Waals surface area contributed by atoms with Gasteiger partial charge in [0.2, 0.25) is 0 Å². The molecule has 5 heteroatoms. The predicted molar refractivity (Wildman–Crippen MR) is 108 cm³/mol. The van der Waals surface area contributed by atoms with E-state index in [2.05, 4.69) is 5.32 Å². The lowest BCUT2D eigenvalue weighted by Crippen LogP contribution is -2.45. The fourth-order valence-electron chi connectivity index (χ4n) is 2.73. The lowest BCUT2D eigenvalue weighted by molar-refractivity contribution is -0.145. The molecule has 2 rings (SSSR count). The van der Waals surface area contributed by atoms with Crippen molar-refractivity contribution in [2.45, 2.75) is 40.7 Å². The van der Waals surface area contributed by atoms with Crippen LogP contribution in [0.4, 0.5) is 0 Å². The van der Waals surface area contributed by atoms with Gasteiger partial charge in [0.15, 0.2) is 12.4 Å². The molecule has 1 N–H and O–H groups in total. The van der Waals surface area contributed by atoms with Crippen molar-refractivity contribution in [2.75, 3.05) is 6.61 Å². The van der Waals surface area contributed by atoms with E-state index in [9.17, 15) is 14.4 Å². The highest BCUT2D eigenvalue weighted by Crippen LogP contribution is 2.12. The van der Waals surface area contributed by atoms with Gasteiger partial charge in [-0.3, -0.25) is 9.59 Å². The van der Waals surface area contributed by atoms with Gasteiger partial charge in [0.25, 0.3) is 5.91 Å². The van der Waals surface area contributed by atoms with E-state index in [1.807, 2.05) is 46.8 Å². The van der Waals surface area contributed by atoms with E-state index in [0.717, 1.165) is 16.7 Å². The molecule has 2 aromatic carbocycles. The van der Waals surface area contributed by atoms with Crippen LogP contribution >= 0.6 is 0 Å². The molecule has 0 aromatic heterocycles. The summed E-state index contributed by atoms with van der Waals surface area (Å²) in [4.78, 5) is 37.3. The topological polar surface area (TPSA) is 72.5 Å². The predicted octanol–water partition coefficient (Wildman–Crippen LogP) is 3.79. The summed E-state index contributed by atoms with van der Waals surface area (Å²) in [6.07, 6.45) is 0. The summed E-state index contributed by atoms with van der Waals surface area (Å²) in [5.74, 6) is -1.42. The van der Waals surface area contributed by atoms with Gasteiger partial charge in [-0.15, -0.1) is 0 Å². The minimum absolute atomic E-state index is 0.182. The van der Waals surface area contributed by atoms with Gasteiger partial charge in [-0.05, 0) is 56.0 Å². The maximum absolute atomic E-state index is 12.5. The lowest BCUT2D eigenvalue weighted by Gasteiger charge is -2.21. The monoisotopic (exact) mass is 381 g/mol. The Balaban J connectivity index is 2.01. The molecule has 0 bridgehead atoms. The summed E-state index contributed by atoms with van der Waals surface area (Å²) < 4.78 is 5.21. The first-order chi connectivity index (χ1) is 13.2. The fraction of sp³-hybridized carbons (Fsp3) is 0.348. The van der Waals surface area contributed by atoms with Crippen LogP contribution < -0.4 is 5.32 Å². The van der Waals surface area contributed by atoms with Crippen molar-refractivity contribution < 1.29 is 19.1 Å². The van der Waals surface area contributed by atoms with Crippen molar-refractivity contribution in [3.63, 3.8) is 0 Å². The molecular formula is C23H27NO4. The highest BCUT2D eigenvalue weighted by Gasteiger charge is 2.27. The van der Waals surface area contributed by atoms with E-state index in [1.165, 1.54) is 0 Å². The second-order valence-electron chi connectivity index (χ2n) is 7.39. The number of ether oxygens (including phenoxy) is 1. The highest BCUT2D eigenvalue weighted by atomic mass is 16.5. The second-order valence-corrected chi connectivity index (χ2v) is 7.39. The van der Waals surface area contributed by atoms with Crippen LogP contribution in [0, 0.1) is 26.7 Å². The van der Waals surface area contributed by atoms with Crippen molar-refractivity contribution in [3.8, 4) is 0 Å². The minimum atomic E-state index is -0.833. The van der Waals surface area contributed by atoms with E-state index >= 15 is 0 Å². The molecule has 0 radical (unpaired) electrons. The fourth-order valence-corrected chi connectivity index (χ4v) is 2.73. The highest BCUT2D eigenvalue weighted by molar-refractivity contribution is 5.99. The number of esters is 1. The number of rotatable bonds is 7. The summed E-state index contributed by atoms with van der Waals surface area (Å²) in [6, 6.07) is 11.7. The molecule has 0 spiro atoms. The summed E-state index contributed by atoms with van der Waals surface area (Å²) in [5, 5.41) is 2.72. The molecule has 0 aliphatic rings. The molecule has 5 nitrogen and oxygen atoms in total. The number of carbonyl (C=O) groups is 3. The molecule has 1 amide bonds. The van der Waals surface area contributed by atoms with Crippen molar-refractivity contribution in [1.82, 2.24) is 5.32 Å². The summed E-state index contributed by atoms with van der Waals surface area (Å²) in [6.45, 7) is 9.05. The second kappa shape index (κ2) is 9.31. The molecule has 148 valence electrons. The van der Waals surface area contributed by atoms with Crippen LogP contribution in [0.25, 0.3) is 0 Å². The van der Waals surface area contributed by atoms with Gasteiger partial charge in [-0.1, -0.05) is 43.7 Å². The molecule has 0 fully saturated rings. The van der Waals surface area contributed by atoms with Gasteiger partial charge in [-0.25, -0.2) is 4.79 Å². The summed E-state index contributed by atoms with van der Waals surface area (Å²) >= 11 is 0. The number of amides is 1. The van der Waals surface area contributed by atoms with Crippen LogP contribution in [-0.4, -0.2) is 30.3 Å². The van der Waals surface area contributed by atoms with Gasteiger partial charge in [0.1, 0.15) is 6.04 Å². The third-order valence-electron chi connectivity index (χ3n) is 4.66. The Morgan fingerprint density at radius 3 is 2.25 bits per heavy atom. The Hall–Kier alpha value is -2.95. The number of aryl methyl sites for hydroxylation is 3. The first-order valence-electron chi connectivity index (χ1n) is 9.33. The molecule has 0 unspecified atom stereocenters. The molecular weight excluding hydrogens is 354 g/mol. The normalized spacial score (nSPS) is 11.8. The van der Waals surface area contributed by atoms with Crippen LogP contribution in [0.15, 0.2) is 42.5 Å². The minimum Gasteiger partial charge on any atom is -0.456 e. The Bertz CT molecular complexity index is 886. The molecule has 0 aliphatic heterocycles. The Labute approximate surface area is 166 Å². The Morgan fingerprint density at radius 2 is 1.64 bits per heavy atom. The third-order valence-corrected chi connectivity index (χ3v) is 4.66. The van der Waals surface area contributed by atoms with E-state index < -0.39 is 12.0 Å². The number of Topliss-reactive ketones (excluding diaryl/α,β-unsaturated/α-hetero) is 1. The van der Waals surface area contributed by atoms with Crippen LogP contribution in [-0.2, 0) is 9.53 Å². The zero-order valence-corrected chi connectivity index (χ0v) is 17.0. The Kier molecular flexibility index (Phi) is 7.10. The third kappa shape index (κ3) is 5.52. The van der Waals surface area contributed by atoms with Gasteiger partial charge in [0.05, 0.1) is 0 Å². The van der Waals surface area contributed by atoms with E-state index in [1.54, 1.807) is 30.3 Å². The van der Waals surface area contributed by atoms with Crippen molar-refractivity contribution in [1.29, 1.82) is 0 Å². The number of nitrogens with one attached hydrogen (secondary N) is 1. The SMILES string of the molecule is Cc1cccc(C(=O)N[C@H](C(=O)OCC(=O)c2ccc(C)c(C)c2)C(C)C)c1. The van der Waals surface area contributed by atoms with E-state index in [4.69, 9.17) is 4.74 Å². The standard InChI is InChI=1S/C23H27NO4/c1-14(2)21(24-22(26)19-8-6-7-15(3)11-19)23(27)28-13-20(25)18-10-9-16(4)17(5)12-18/h6-12,14,21H,13H2,1-5H3,(H,24,26)/t21-/m0/s1. The zero-order chi connectivity index (χ0) is 20.8. The largest absolute Gasteiger partial charge is 0.456 e.